The first-order valence-corrected chi connectivity index (χ1v) is 8.20. The molecule has 0 amide bonds. The summed E-state index contributed by atoms with van der Waals surface area (Å²) in [4.78, 5) is 13.0. The largest absolute Gasteiger partial charge is 1.00 e. The minimum Gasteiger partial charge on any atom is -1.00 e. The molecule has 156 valence electrons. The smallest absolute Gasteiger partial charge is 0.0897 e. The first-order valence-electron chi connectivity index (χ1n) is 8.20. The monoisotopic (exact) mass is 505 g/mol. The van der Waals surface area contributed by atoms with Crippen molar-refractivity contribution in [3.8, 4) is 0 Å². The number of aromatic nitrogens is 1. The fraction of sp³-hybridized carbons (Fsp3) is 0.471. The Balaban J connectivity index is 0.00000225. The van der Waals surface area contributed by atoms with Gasteiger partial charge in [-0.3, -0.25) is 4.98 Å². The van der Waals surface area contributed by atoms with Crippen LogP contribution in [0.15, 0.2) is 43.0 Å². The molecule has 0 saturated carbocycles. The van der Waals surface area contributed by atoms with Gasteiger partial charge in [0, 0.05) is 58.3 Å². The summed E-state index contributed by atoms with van der Waals surface area (Å²) in [5, 5.41) is 21.4. The molecule has 3 rings (SSSR count). The molecule has 1 aromatic heterocycles. The number of hydrogen-bond acceptors (Lipinski definition) is 7. The van der Waals surface area contributed by atoms with E-state index in [0.717, 1.165) is 37.8 Å². The van der Waals surface area contributed by atoms with E-state index in [-0.39, 0.29) is 58.5 Å². The van der Waals surface area contributed by atoms with Crippen molar-refractivity contribution in [3.05, 3.63) is 54.4 Å². The van der Waals surface area contributed by atoms with E-state index in [1.165, 1.54) is 0 Å². The van der Waals surface area contributed by atoms with Crippen LogP contribution in [0.1, 0.15) is 11.4 Å². The van der Waals surface area contributed by atoms with Crippen molar-refractivity contribution in [2.24, 2.45) is 0 Å². The maximum absolute atomic E-state index is 10.7. The molecule has 0 aliphatic carbocycles. The first kappa shape index (κ1) is 26.0. The topological polar surface area (TPSA) is 72.0 Å². The first-order chi connectivity index (χ1) is 11.8. The second-order valence-electron chi connectivity index (χ2n) is 6.03. The molecule has 0 spiro atoms. The van der Waals surface area contributed by atoms with Crippen molar-refractivity contribution >= 4 is 0 Å². The van der Waals surface area contributed by atoms with Crippen molar-refractivity contribution in [2.45, 2.75) is 13.1 Å². The van der Waals surface area contributed by atoms with E-state index in [4.69, 9.17) is 4.98 Å². The zero-order chi connectivity index (χ0) is 16.8. The van der Waals surface area contributed by atoms with Crippen LogP contribution in [-0.4, -0.2) is 64.2 Å². The van der Waals surface area contributed by atoms with Crippen molar-refractivity contribution in [1.82, 2.24) is 24.6 Å². The third-order valence-corrected chi connectivity index (χ3v) is 4.05. The normalized spacial score (nSPS) is 14.9. The second-order valence-corrected chi connectivity index (χ2v) is 6.03. The van der Waals surface area contributed by atoms with Gasteiger partial charge in [0.05, 0.1) is 37.8 Å². The van der Waals surface area contributed by atoms with Gasteiger partial charge in [0.15, 0.2) is 0 Å². The van der Waals surface area contributed by atoms with Crippen LogP contribution >= 0.6 is 0 Å². The van der Waals surface area contributed by atoms with Gasteiger partial charge in [-0.15, -0.1) is 13.2 Å². The summed E-state index contributed by atoms with van der Waals surface area (Å²) in [7, 11) is 0. The molecule has 2 aliphatic rings. The Morgan fingerprint density at radius 2 is 1.15 bits per heavy atom. The summed E-state index contributed by atoms with van der Waals surface area (Å²) in [6.45, 7) is 3.87. The average molecular weight is 507 g/mol. The van der Waals surface area contributed by atoms with E-state index in [1.54, 1.807) is 0 Å². The van der Waals surface area contributed by atoms with Gasteiger partial charge in [-0.1, -0.05) is 6.07 Å². The molecule has 3 heterocycles. The third-order valence-electron chi connectivity index (χ3n) is 4.05. The fourth-order valence-corrected chi connectivity index (χ4v) is 2.88. The van der Waals surface area contributed by atoms with Gasteiger partial charge in [-0.05, 0) is 12.1 Å². The van der Waals surface area contributed by atoms with E-state index in [9.17, 15) is 10.2 Å². The van der Waals surface area contributed by atoms with E-state index < -0.39 is 0 Å². The van der Waals surface area contributed by atoms with Crippen LogP contribution in [0.5, 0.6) is 0 Å². The Morgan fingerprint density at radius 1 is 0.741 bits per heavy atom. The molecule has 0 unspecified atom stereocenters. The van der Waals surface area contributed by atoms with Gasteiger partial charge in [0.25, 0.3) is 0 Å². The van der Waals surface area contributed by atoms with Crippen molar-refractivity contribution in [2.75, 3.05) is 39.6 Å². The van der Waals surface area contributed by atoms with Crippen LogP contribution in [0.2, 0.25) is 0 Å². The summed E-state index contributed by atoms with van der Waals surface area (Å²) < 4.78 is 0. The third kappa shape index (κ3) is 7.86. The van der Waals surface area contributed by atoms with Crippen LogP contribution in [-0.2, 0) is 33.5 Å². The molecule has 0 fully saturated rings. The van der Waals surface area contributed by atoms with Gasteiger partial charge in [0.2, 0.25) is 0 Å². The molecule has 2 aliphatic heterocycles. The van der Waals surface area contributed by atoms with E-state index >= 15 is 0 Å². The van der Waals surface area contributed by atoms with Gasteiger partial charge in [0.1, 0.15) is 0 Å². The molecule has 0 N–H and O–H groups in total. The number of hydrogen-bond donors (Lipinski definition) is 0. The minimum atomic E-state index is -0.0847. The molecule has 1 aromatic rings. The van der Waals surface area contributed by atoms with Crippen LogP contribution in [0.4, 0.5) is 0 Å². The molecular weight excluding hydrogens is 484 g/mol. The van der Waals surface area contributed by atoms with Gasteiger partial charge >= 0.3 is 0 Å². The predicted octanol–water partition coefficient (Wildman–Crippen LogP) is -7.10. The second kappa shape index (κ2) is 13.2. The molecule has 10 heteroatoms. The zero-order valence-electron chi connectivity index (χ0n) is 14.8. The molecule has 7 nitrogen and oxygen atoms in total. The standard InChI is InChI=1S/C17H23N5O2.2ClH.Pd/c23-10-8-19-4-6-21(14-19)12-16-2-1-3-17(18-16)13-22-7-5-20(15-22)9-11-24;;;/h1-7H,8-15H2;2*1H;/q-2;;;/p-2. The summed E-state index contributed by atoms with van der Waals surface area (Å²) in [6, 6.07) is 6.08. The molecule has 0 atom stereocenters. The Kier molecular flexibility index (Phi) is 12.7. The fourth-order valence-electron chi connectivity index (χ4n) is 2.88. The maximum Gasteiger partial charge on any atom is 0.0897 e. The van der Waals surface area contributed by atoms with Gasteiger partial charge in [-0.25, -0.2) is 0 Å². The van der Waals surface area contributed by atoms with E-state index in [1.807, 2.05) is 52.8 Å². The van der Waals surface area contributed by atoms with Crippen molar-refractivity contribution in [3.63, 3.8) is 0 Å². The molecular formula is C17H23Cl2N5O2Pd-4. The van der Waals surface area contributed by atoms with Crippen LogP contribution in [0.3, 0.4) is 0 Å². The Bertz CT molecular complexity index is 561. The van der Waals surface area contributed by atoms with Gasteiger partial charge < -0.3 is 54.6 Å². The summed E-state index contributed by atoms with van der Waals surface area (Å²) in [5.74, 6) is 0. The van der Waals surface area contributed by atoms with Crippen LogP contribution < -0.4 is 35.0 Å². The average Bonchev–Trinajstić information content (AvgIpc) is 3.18. The Hall–Kier alpha value is -1.01. The number of rotatable bonds is 8. The summed E-state index contributed by atoms with van der Waals surface area (Å²) >= 11 is 0. The van der Waals surface area contributed by atoms with Gasteiger partial charge in [-0.2, -0.15) is 0 Å². The molecule has 0 bridgehead atoms. The van der Waals surface area contributed by atoms with Crippen molar-refractivity contribution < 1.29 is 55.4 Å². The predicted molar refractivity (Wildman–Crippen MR) is 86.5 cm³/mol. The van der Waals surface area contributed by atoms with E-state index in [0.29, 0.717) is 13.1 Å². The van der Waals surface area contributed by atoms with Crippen molar-refractivity contribution in [1.29, 1.82) is 0 Å². The maximum atomic E-state index is 10.7. The Morgan fingerprint density at radius 3 is 1.56 bits per heavy atom. The summed E-state index contributed by atoms with van der Waals surface area (Å²) in [5.41, 5.74) is 2.03. The minimum absolute atomic E-state index is 0. The number of nitrogens with zero attached hydrogens (tertiary/aromatic N) is 5. The summed E-state index contributed by atoms with van der Waals surface area (Å²) in [6.07, 6.45) is 7.94. The Labute approximate surface area is 186 Å². The van der Waals surface area contributed by atoms with E-state index in [2.05, 4.69) is 9.80 Å². The molecule has 0 radical (unpaired) electrons. The zero-order valence-corrected chi connectivity index (χ0v) is 17.9. The van der Waals surface area contributed by atoms with Crippen LogP contribution in [0.25, 0.3) is 0 Å². The number of halogens is 2. The number of pyridine rings is 1. The SMILES string of the molecule is [Cl-].[Cl-].[O-]CCN1C=CN(Cc2cccc(CN3C=CN(CC[O-])C3)n2)C1.[Pd]. The molecule has 0 aromatic carbocycles. The quantitative estimate of drug-likeness (QED) is 0.325. The molecule has 0 saturated heterocycles. The van der Waals surface area contributed by atoms with Crippen LogP contribution in [0, 0.1) is 0 Å². The molecule has 27 heavy (non-hydrogen) atoms.